The van der Waals surface area contributed by atoms with Crippen molar-refractivity contribution in [3.8, 4) is 0 Å². The molecular weight excluding hydrogens is 154 g/mol. The lowest BCUT2D eigenvalue weighted by Crippen LogP contribution is -2.49. The molecule has 1 saturated heterocycles. The summed E-state index contributed by atoms with van der Waals surface area (Å²) in [5.41, 5.74) is -0.583. The highest BCUT2D eigenvalue weighted by Gasteiger charge is 2.34. The van der Waals surface area contributed by atoms with Crippen molar-refractivity contribution in [2.45, 2.75) is 31.4 Å². The summed E-state index contributed by atoms with van der Waals surface area (Å²) in [5.74, 6) is 0. The summed E-state index contributed by atoms with van der Waals surface area (Å²) in [4.78, 5) is 2.27. The molecule has 2 atom stereocenters. The molecule has 1 fully saturated rings. The Morgan fingerprint density at radius 1 is 1.67 bits per heavy atom. The molecule has 0 bridgehead atoms. The molecule has 0 aromatic carbocycles. The fourth-order valence-electron chi connectivity index (χ4n) is 1.81. The third-order valence-corrected chi connectivity index (χ3v) is 2.77. The number of hydrogen-bond acceptors (Lipinski definition) is 3. The first kappa shape index (κ1) is 9.96. The van der Waals surface area contributed by atoms with Gasteiger partial charge in [0.1, 0.15) is 0 Å². The van der Waals surface area contributed by atoms with Crippen molar-refractivity contribution in [2.24, 2.45) is 0 Å². The van der Waals surface area contributed by atoms with Gasteiger partial charge in [-0.1, -0.05) is 0 Å². The van der Waals surface area contributed by atoms with Crippen LogP contribution in [0.15, 0.2) is 0 Å². The Bertz CT molecular complexity index is 151. The average Bonchev–Trinajstić information content (AvgIpc) is 1.98. The summed E-state index contributed by atoms with van der Waals surface area (Å²) >= 11 is 0. The lowest BCUT2D eigenvalue weighted by molar-refractivity contribution is -0.0812. The number of rotatable bonds is 2. The lowest BCUT2D eigenvalue weighted by Gasteiger charge is -2.40. The standard InChI is InChI=1S/C9H19NO2/c1-8-6-9(11,7-12-3)4-5-10(8)2/h8,11H,4-7H2,1-3H3. The summed E-state index contributed by atoms with van der Waals surface area (Å²) in [6, 6.07) is 0.457. The van der Waals surface area contributed by atoms with E-state index in [1.807, 2.05) is 0 Å². The molecule has 0 spiro atoms. The van der Waals surface area contributed by atoms with Crippen molar-refractivity contribution >= 4 is 0 Å². The molecule has 1 aliphatic rings. The van der Waals surface area contributed by atoms with Gasteiger partial charge in [-0.15, -0.1) is 0 Å². The normalized spacial score (nSPS) is 38.5. The summed E-state index contributed by atoms with van der Waals surface area (Å²) in [6.45, 7) is 3.56. The van der Waals surface area contributed by atoms with E-state index >= 15 is 0 Å². The maximum Gasteiger partial charge on any atom is 0.0906 e. The number of hydrogen-bond donors (Lipinski definition) is 1. The van der Waals surface area contributed by atoms with E-state index in [1.54, 1.807) is 7.11 Å². The van der Waals surface area contributed by atoms with Gasteiger partial charge in [-0.3, -0.25) is 0 Å². The Morgan fingerprint density at radius 3 is 2.83 bits per heavy atom. The van der Waals surface area contributed by atoms with E-state index in [0.717, 1.165) is 19.4 Å². The highest BCUT2D eigenvalue weighted by molar-refractivity contribution is 4.88. The van der Waals surface area contributed by atoms with Gasteiger partial charge in [-0.2, -0.15) is 0 Å². The molecule has 0 aliphatic carbocycles. The predicted molar refractivity (Wildman–Crippen MR) is 48.2 cm³/mol. The molecular formula is C9H19NO2. The molecule has 12 heavy (non-hydrogen) atoms. The first-order chi connectivity index (χ1) is 5.57. The highest BCUT2D eigenvalue weighted by Crippen LogP contribution is 2.25. The number of nitrogens with zero attached hydrogens (tertiary/aromatic N) is 1. The number of ether oxygens (including phenoxy) is 1. The Hall–Kier alpha value is -0.120. The first-order valence-electron chi connectivity index (χ1n) is 4.49. The van der Waals surface area contributed by atoms with Crippen LogP contribution in [0.25, 0.3) is 0 Å². The van der Waals surface area contributed by atoms with Gasteiger partial charge in [0.15, 0.2) is 0 Å². The molecule has 0 amide bonds. The van der Waals surface area contributed by atoms with E-state index in [0.29, 0.717) is 12.6 Å². The molecule has 3 heteroatoms. The first-order valence-corrected chi connectivity index (χ1v) is 4.49. The second-order valence-electron chi connectivity index (χ2n) is 3.94. The minimum Gasteiger partial charge on any atom is -0.387 e. The molecule has 3 nitrogen and oxygen atoms in total. The molecule has 1 rings (SSSR count). The number of methoxy groups -OCH3 is 1. The SMILES string of the molecule is COCC1(O)CCN(C)C(C)C1. The minimum atomic E-state index is -0.583. The van der Waals surface area contributed by atoms with Crippen molar-refractivity contribution in [3.63, 3.8) is 0 Å². The summed E-state index contributed by atoms with van der Waals surface area (Å²) < 4.78 is 5.00. The van der Waals surface area contributed by atoms with Crippen LogP contribution in [-0.2, 0) is 4.74 Å². The third kappa shape index (κ3) is 2.19. The van der Waals surface area contributed by atoms with Crippen molar-refractivity contribution < 1.29 is 9.84 Å². The number of likely N-dealkylation sites (tertiary alicyclic amines) is 1. The molecule has 0 radical (unpaired) electrons. The molecule has 0 aromatic heterocycles. The van der Waals surface area contributed by atoms with Crippen molar-refractivity contribution in [3.05, 3.63) is 0 Å². The van der Waals surface area contributed by atoms with Crippen molar-refractivity contribution in [2.75, 3.05) is 27.3 Å². The fraction of sp³-hybridized carbons (Fsp3) is 1.00. The number of aliphatic hydroxyl groups is 1. The summed E-state index contributed by atoms with van der Waals surface area (Å²) in [5, 5.41) is 10.0. The van der Waals surface area contributed by atoms with Gasteiger partial charge >= 0.3 is 0 Å². The molecule has 0 aromatic rings. The van der Waals surface area contributed by atoms with Crippen LogP contribution in [0.4, 0.5) is 0 Å². The van der Waals surface area contributed by atoms with Crippen LogP contribution >= 0.6 is 0 Å². The van der Waals surface area contributed by atoms with Crippen LogP contribution in [0, 0.1) is 0 Å². The quantitative estimate of drug-likeness (QED) is 0.659. The topological polar surface area (TPSA) is 32.7 Å². The maximum atomic E-state index is 10.0. The second kappa shape index (κ2) is 3.73. The van der Waals surface area contributed by atoms with E-state index < -0.39 is 5.60 Å². The Kier molecular flexibility index (Phi) is 3.09. The van der Waals surface area contributed by atoms with Gasteiger partial charge in [0.05, 0.1) is 12.2 Å². The van der Waals surface area contributed by atoms with Gasteiger partial charge in [0.2, 0.25) is 0 Å². The van der Waals surface area contributed by atoms with Crippen LogP contribution in [0.5, 0.6) is 0 Å². The van der Waals surface area contributed by atoms with Crippen LogP contribution < -0.4 is 0 Å². The van der Waals surface area contributed by atoms with Crippen LogP contribution in [0.3, 0.4) is 0 Å². The molecule has 2 unspecified atom stereocenters. The van der Waals surface area contributed by atoms with Crippen LogP contribution in [-0.4, -0.2) is 49.0 Å². The van der Waals surface area contributed by atoms with Crippen LogP contribution in [0.2, 0.25) is 0 Å². The summed E-state index contributed by atoms with van der Waals surface area (Å²) in [6.07, 6.45) is 1.64. The molecule has 1 aliphatic heterocycles. The Balaban J connectivity index is 2.48. The monoisotopic (exact) mass is 173 g/mol. The van der Waals surface area contributed by atoms with Gasteiger partial charge in [0.25, 0.3) is 0 Å². The summed E-state index contributed by atoms with van der Waals surface area (Å²) in [7, 11) is 3.73. The fourth-order valence-corrected chi connectivity index (χ4v) is 1.81. The predicted octanol–water partition coefficient (Wildman–Crippen LogP) is 0.478. The van der Waals surface area contributed by atoms with Gasteiger partial charge < -0.3 is 14.7 Å². The minimum absolute atomic E-state index is 0.457. The van der Waals surface area contributed by atoms with Gasteiger partial charge in [0, 0.05) is 19.7 Å². The molecule has 0 saturated carbocycles. The smallest absolute Gasteiger partial charge is 0.0906 e. The van der Waals surface area contributed by atoms with E-state index in [1.165, 1.54) is 0 Å². The lowest BCUT2D eigenvalue weighted by atomic mass is 9.88. The maximum absolute atomic E-state index is 10.0. The van der Waals surface area contributed by atoms with Crippen molar-refractivity contribution in [1.82, 2.24) is 4.90 Å². The zero-order valence-corrected chi connectivity index (χ0v) is 8.21. The van der Waals surface area contributed by atoms with E-state index in [-0.39, 0.29) is 0 Å². The largest absolute Gasteiger partial charge is 0.387 e. The van der Waals surface area contributed by atoms with Crippen molar-refractivity contribution in [1.29, 1.82) is 0 Å². The Morgan fingerprint density at radius 2 is 2.33 bits per heavy atom. The molecule has 72 valence electrons. The van der Waals surface area contributed by atoms with Gasteiger partial charge in [-0.25, -0.2) is 0 Å². The zero-order valence-electron chi connectivity index (χ0n) is 8.21. The van der Waals surface area contributed by atoms with Crippen LogP contribution in [0.1, 0.15) is 19.8 Å². The number of piperidine rings is 1. The van der Waals surface area contributed by atoms with E-state index in [4.69, 9.17) is 4.74 Å². The highest BCUT2D eigenvalue weighted by atomic mass is 16.5. The van der Waals surface area contributed by atoms with E-state index in [2.05, 4.69) is 18.9 Å². The van der Waals surface area contributed by atoms with Gasteiger partial charge in [-0.05, 0) is 26.8 Å². The zero-order chi connectivity index (χ0) is 9.19. The second-order valence-corrected chi connectivity index (χ2v) is 3.94. The Labute approximate surface area is 74.3 Å². The molecule has 1 heterocycles. The average molecular weight is 173 g/mol. The molecule has 1 N–H and O–H groups in total. The third-order valence-electron chi connectivity index (χ3n) is 2.77. The van der Waals surface area contributed by atoms with E-state index in [9.17, 15) is 5.11 Å².